The molecule has 0 saturated heterocycles. The summed E-state index contributed by atoms with van der Waals surface area (Å²) < 4.78 is 7.47. The van der Waals surface area contributed by atoms with Crippen molar-refractivity contribution in [3.8, 4) is 5.75 Å². The summed E-state index contributed by atoms with van der Waals surface area (Å²) in [5, 5.41) is 12.7. The number of aromatic nitrogens is 3. The maximum atomic E-state index is 5.18. The number of methoxy groups -OCH3 is 1. The quantitative estimate of drug-likeness (QED) is 0.370. The lowest BCUT2D eigenvalue weighted by Crippen LogP contribution is -1.98. The van der Waals surface area contributed by atoms with E-state index >= 15 is 0 Å². The maximum Gasteiger partial charge on any atom is 0.231 e. The summed E-state index contributed by atoms with van der Waals surface area (Å²) in [6.07, 6.45) is 1.80. The molecule has 6 heteroatoms. The highest BCUT2D eigenvalue weighted by atomic mass is 32.1. The second kappa shape index (κ2) is 7.48. The van der Waals surface area contributed by atoms with Gasteiger partial charge in [0.15, 0.2) is 0 Å². The number of rotatable bonds is 5. The Balaban J connectivity index is 1.43. The van der Waals surface area contributed by atoms with E-state index < -0.39 is 0 Å². The Morgan fingerprint density at radius 3 is 2.21 bits per heavy atom. The van der Waals surface area contributed by atoms with Crippen molar-refractivity contribution in [2.45, 2.75) is 6.54 Å². The van der Waals surface area contributed by atoms with Gasteiger partial charge in [-0.05, 0) is 42.0 Å². The third-order valence-electron chi connectivity index (χ3n) is 4.87. The first-order valence-corrected chi connectivity index (χ1v) is 10.1. The fraction of sp³-hybridized carbons (Fsp3) is 0.0870. The lowest BCUT2D eigenvalue weighted by molar-refractivity contribution is 0.415. The fourth-order valence-corrected chi connectivity index (χ4v) is 4.16. The van der Waals surface area contributed by atoms with Crippen LogP contribution < -0.4 is 4.74 Å². The highest BCUT2D eigenvalue weighted by Gasteiger charge is 2.12. The molecule has 0 aliphatic carbocycles. The van der Waals surface area contributed by atoms with Crippen molar-refractivity contribution >= 4 is 44.5 Å². The van der Waals surface area contributed by atoms with Gasteiger partial charge in [0.05, 0.1) is 13.7 Å². The van der Waals surface area contributed by atoms with Gasteiger partial charge in [-0.15, -0.1) is 10.2 Å². The maximum absolute atomic E-state index is 5.18. The van der Waals surface area contributed by atoms with Crippen LogP contribution in [0.4, 0.5) is 5.13 Å². The van der Waals surface area contributed by atoms with Crippen LogP contribution in [0.25, 0.3) is 21.8 Å². The molecular weight excluding hydrogens is 380 g/mol. The monoisotopic (exact) mass is 398 g/mol. The summed E-state index contributed by atoms with van der Waals surface area (Å²) in [6.45, 7) is 0.670. The average Bonchev–Trinajstić information content (AvgIpc) is 3.36. The minimum Gasteiger partial charge on any atom is -0.497 e. The number of benzene rings is 3. The summed E-state index contributed by atoms with van der Waals surface area (Å²) in [5.41, 5.74) is 3.39. The summed E-state index contributed by atoms with van der Waals surface area (Å²) >= 11 is 1.51. The Morgan fingerprint density at radius 1 is 0.897 bits per heavy atom. The molecule has 0 aliphatic rings. The van der Waals surface area contributed by atoms with E-state index in [2.05, 4.69) is 68.3 Å². The molecule has 142 valence electrons. The van der Waals surface area contributed by atoms with Crippen molar-refractivity contribution in [2.75, 3.05) is 7.11 Å². The van der Waals surface area contributed by atoms with E-state index in [4.69, 9.17) is 4.74 Å². The van der Waals surface area contributed by atoms with Crippen LogP contribution in [0.3, 0.4) is 0 Å². The number of para-hydroxylation sites is 2. The topological polar surface area (TPSA) is 52.3 Å². The number of aliphatic imine (C=N–C) groups is 1. The van der Waals surface area contributed by atoms with Gasteiger partial charge in [-0.2, -0.15) is 0 Å². The van der Waals surface area contributed by atoms with Gasteiger partial charge in [0, 0.05) is 28.0 Å². The SMILES string of the molecule is COc1ccc(/C=N/c2nnc(Cn3c4ccccc4c4ccccc43)s2)cc1. The van der Waals surface area contributed by atoms with E-state index in [0.29, 0.717) is 11.7 Å². The van der Waals surface area contributed by atoms with Crippen molar-refractivity contribution < 1.29 is 4.74 Å². The molecule has 0 unspecified atom stereocenters. The Labute approximate surface area is 171 Å². The van der Waals surface area contributed by atoms with Gasteiger partial charge >= 0.3 is 0 Å². The van der Waals surface area contributed by atoms with Crippen LogP contribution in [-0.4, -0.2) is 28.1 Å². The molecule has 5 nitrogen and oxygen atoms in total. The second-order valence-electron chi connectivity index (χ2n) is 6.63. The van der Waals surface area contributed by atoms with E-state index in [9.17, 15) is 0 Å². The van der Waals surface area contributed by atoms with E-state index in [1.54, 1.807) is 13.3 Å². The van der Waals surface area contributed by atoms with Gasteiger partial charge in [-0.3, -0.25) is 0 Å². The number of ether oxygens (including phenoxy) is 1. The molecular formula is C23H18N4OS. The predicted molar refractivity (Wildman–Crippen MR) is 119 cm³/mol. The molecule has 5 rings (SSSR count). The zero-order valence-corrected chi connectivity index (χ0v) is 16.6. The van der Waals surface area contributed by atoms with Gasteiger partial charge in [0.1, 0.15) is 10.8 Å². The van der Waals surface area contributed by atoms with Gasteiger partial charge < -0.3 is 9.30 Å². The van der Waals surface area contributed by atoms with Crippen molar-refractivity contribution in [3.05, 3.63) is 83.4 Å². The molecule has 0 saturated carbocycles. The minimum atomic E-state index is 0.650. The Bertz CT molecular complexity index is 1260. The molecule has 0 bridgehead atoms. The van der Waals surface area contributed by atoms with Crippen LogP contribution in [0.1, 0.15) is 10.6 Å². The molecule has 0 radical (unpaired) electrons. The van der Waals surface area contributed by atoms with Crippen LogP contribution in [-0.2, 0) is 6.54 Å². The number of hydrogen-bond acceptors (Lipinski definition) is 5. The standard InChI is InChI=1S/C23H18N4OS/c1-28-17-12-10-16(11-13-17)14-24-23-26-25-22(29-23)15-27-20-8-4-2-6-18(20)19-7-3-5-9-21(19)27/h2-14H,15H2,1H3/b24-14+. The number of nitrogens with zero attached hydrogens (tertiary/aromatic N) is 4. The smallest absolute Gasteiger partial charge is 0.231 e. The molecule has 0 fully saturated rings. The summed E-state index contributed by atoms with van der Waals surface area (Å²) in [6, 6.07) is 24.7. The molecule has 0 spiro atoms. The second-order valence-corrected chi connectivity index (χ2v) is 7.67. The molecule has 0 N–H and O–H groups in total. The lowest BCUT2D eigenvalue weighted by atomic mass is 10.2. The third kappa shape index (κ3) is 3.39. The van der Waals surface area contributed by atoms with Crippen LogP contribution in [0.15, 0.2) is 77.8 Å². The first kappa shape index (κ1) is 17.6. The minimum absolute atomic E-state index is 0.650. The van der Waals surface area contributed by atoms with Crippen molar-refractivity contribution in [3.63, 3.8) is 0 Å². The lowest BCUT2D eigenvalue weighted by Gasteiger charge is -2.04. The van der Waals surface area contributed by atoms with Crippen LogP contribution in [0.2, 0.25) is 0 Å². The largest absolute Gasteiger partial charge is 0.497 e. The van der Waals surface area contributed by atoms with E-state index in [-0.39, 0.29) is 0 Å². The predicted octanol–water partition coefficient (Wildman–Crippen LogP) is 5.45. The molecule has 5 aromatic rings. The van der Waals surface area contributed by atoms with Crippen molar-refractivity contribution in [1.29, 1.82) is 0 Å². The van der Waals surface area contributed by atoms with Gasteiger partial charge in [-0.1, -0.05) is 47.7 Å². The van der Waals surface area contributed by atoms with Gasteiger partial charge in [0.25, 0.3) is 0 Å². The number of fused-ring (bicyclic) bond motifs is 3. The molecule has 3 aromatic carbocycles. The van der Waals surface area contributed by atoms with Crippen LogP contribution in [0, 0.1) is 0 Å². The first-order chi connectivity index (χ1) is 14.3. The molecule has 2 aromatic heterocycles. The third-order valence-corrected chi connectivity index (χ3v) is 5.69. The summed E-state index contributed by atoms with van der Waals surface area (Å²) in [4.78, 5) is 4.48. The van der Waals surface area contributed by atoms with Crippen molar-refractivity contribution in [2.24, 2.45) is 4.99 Å². The Morgan fingerprint density at radius 2 is 1.55 bits per heavy atom. The Kier molecular flexibility index (Phi) is 4.54. The first-order valence-electron chi connectivity index (χ1n) is 9.28. The highest BCUT2D eigenvalue weighted by molar-refractivity contribution is 7.14. The molecule has 29 heavy (non-hydrogen) atoms. The van der Waals surface area contributed by atoms with Gasteiger partial charge in [0.2, 0.25) is 5.13 Å². The zero-order chi connectivity index (χ0) is 19.6. The zero-order valence-electron chi connectivity index (χ0n) is 15.8. The molecule has 0 aliphatic heterocycles. The number of hydrogen-bond donors (Lipinski definition) is 0. The van der Waals surface area contributed by atoms with E-state index in [1.165, 1.54) is 33.1 Å². The summed E-state index contributed by atoms with van der Waals surface area (Å²) in [5.74, 6) is 0.825. The summed E-state index contributed by atoms with van der Waals surface area (Å²) in [7, 11) is 1.66. The van der Waals surface area contributed by atoms with Crippen LogP contribution in [0.5, 0.6) is 5.75 Å². The molecule has 0 atom stereocenters. The molecule has 2 heterocycles. The Hall–Kier alpha value is -3.51. The van der Waals surface area contributed by atoms with Crippen molar-refractivity contribution in [1.82, 2.24) is 14.8 Å². The normalized spacial score (nSPS) is 11.6. The van der Waals surface area contributed by atoms with E-state index in [1.807, 2.05) is 24.3 Å². The fourth-order valence-electron chi connectivity index (χ4n) is 3.49. The van der Waals surface area contributed by atoms with E-state index in [0.717, 1.165) is 16.3 Å². The van der Waals surface area contributed by atoms with Gasteiger partial charge in [-0.25, -0.2) is 4.99 Å². The average molecular weight is 398 g/mol. The van der Waals surface area contributed by atoms with Crippen LogP contribution >= 0.6 is 11.3 Å². The highest BCUT2D eigenvalue weighted by Crippen LogP contribution is 2.30. The molecule has 0 amide bonds.